The molecular formula is C34H30O6S. The van der Waals surface area contributed by atoms with E-state index in [1.165, 1.54) is 0 Å². The lowest BCUT2D eigenvalue weighted by molar-refractivity contribution is -0.109. The number of benzene rings is 4. The van der Waals surface area contributed by atoms with Crippen molar-refractivity contribution in [2.45, 2.75) is 36.1 Å². The van der Waals surface area contributed by atoms with Crippen LogP contribution in [0.4, 0.5) is 0 Å². The van der Waals surface area contributed by atoms with E-state index in [1.54, 1.807) is 48.5 Å². The SMILES string of the molecule is Cc1ccc(S(=O)(=O)[C@H]2[C@@H]3C(C(=O)c4ccccc4)=C(c4ccccc4)O[C@@H]3O[C@@H]2COCc2ccccc2)cc1. The lowest BCUT2D eigenvalue weighted by atomic mass is 9.88. The van der Waals surface area contributed by atoms with E-state index in [-0.39, 0.29) is 17.3 Å². The predicted molar refractivity (Wildman–Crippen MR) is 156 cm³/mol. The molecule has 0 bridgehead atoms. The first-order chi connectivity index (χ1) is 19.9. The summed E-state index contributed by atoms with van der Waals surface area (Å²) in [4.78, 5) is 14.3. The number of ether oxygens (including phenoxy) is 3. The van der Waals surface area contributed by atoms with Crippen LogP contribution in [0.1, 0.15) is 27.0 Å². The molecule has 0 aromatic heterocycles. The van der Waals surface area contributed by atoms with Gasteiger partial charge in [0.2, 0.25) is 6.29 Å². The highest BCUT2D eigenvalue weighted by atomic mass is 32.2. The normalized spacial score (nSPS) is 21.9. The fourth-order valence-electron chi connectivity index (χ4n) is 5.54. The molecule has 208 valence electrons. The van der Waals surface area contributed by atoms with Gasteiger partial charge in [0.1, 0.15) is 17.1 Å². The Bertz CT molecular complexity index is 1650. The highest BCUT2D eigenvalue weighted by molar-refractivity contribution is 7.92. The summed E-state index contributed by atoms with van der Waals surface area (Å²) in [5.74, 6) is -0.785. The molecule has 4 aromatic carbocycles. The maximum Gasteiger partial charge on any atom is 0.208 e. The molecule has 4 aromatic rings. The van der Waals surface area contributed by atoms with Crippen molar-refractivity contribution in [2.75, 3.05) is 6.61 Å². The van der Waals surface area contributed by atoms with E-state index in [1.807, 2.05) is 73.7 Å². The minimum Gasteiger partial charge on any atom is -0.463 e. The molecule has 2 aliphatic heterocycles. The van der Waals surface area contributed by atoms with Crippen LogP contribution < -0.4 is 0 Å². The van der Waals surface area contributed by atoms with Crippen LogP contribution >= 0.6 is 0 Å². The van der Waals surface area contributed by atoms with Gasteiger partial charge >= 0.3 is 0 Å². The van der Waals surface area contributed by atoms with Crippen LogP contribution in [0.25, 0.3) is 5.76 Å². The second-order valence-corrected chi connectivity index (χ2v) is 12.4. The van der Waals surface area contributed by atoms with Gasteiger partial charge in [-0.2, -0.15) is 0 Å². The third kappa shape index (κ3) is 5.36. The van der Waals surface area contributed by atoms with Gasteiger partial charge in [0.05, 0.1) is 29.6 Å². The van der Waals surface area contributed by atoms with E-state index in [0.717, 1.165) is 11.1 Å². The average molecular weight is 567 g/mol. The topological polar surface area (TPSA) is 78.9 Å². The predicted octanol–water partition coefficient (Wildman–Crippen LogP) is 6.02. The number of hydrogen-bond acceptors (Lipinski definition) is 6. The molecule has 0 unspecified atom stereocenters. The van der Waals surface area contributed by atoms with Gasteiger partial charge in [-0.25, -0.2) is 8.42 Å². The summed E-state index contributed by atoms with van der Waals surface area (Å²) in [5.41, 5.74) is 3.36. The highest BCUT2D eigenvalue weighted by Crippen LogP contribution is 2.49. The maximum atomic E-state index is 14.4. The summed E-state index contributed by atoms with van der Waals surface area (Å²) >= 11 is 0. The first-order valence-corrected chi connectivity index (χ1v) is 15.1. The van der Waals surface area contributed by atoms with Gasteiger partial charge in [0.25, 0.3) is 0 Å². The zero-order valence-electron chi connectivity index (χ0n) is 22.6. The number of Topliss-reactive ketones (excluding diaryl/α,β-unsaturated/α-hetero) is 1. The van der Waals surface area contributed by atoms with E-state index < -0.39 is 33.4 Å². The Morgan fingerprint density at radius 1 is 0.805 bits per heavy atom. The Kier molecular flexibility index (Phi) is 7.58. The molecule has 4 atom stereocenters. The minimum absolute atomic E-state index is 0.0223. The Morgan fingerprint density at radius 2 is 1.41 bits per heavy atom. The molecule has 6 rings (SSSR count). The molecule has 0 aliphatic carbocycles. The fraction of sp³-hybridized carbons (Fsp3) is 0.206. The monoisotopic (exact) mass is 566 g/mol. The molecule has 41 heavy (non-hydrogen) atoms. The van der Waals surface area contributed by atoms with Crippen LogP contribution in [0.5, 0.6) is 0 Å². The summed E-state index contributed by atoms with van der Waals surface area (Å²) in [5, 5.41) is -1.10. The molecule has 2 aliphatic rings. The molecule has 1 fully saturated rings. The molecule has 2 heterocycles. The third-order valence-electron chi connectivity index (χ3n) is 7.55. The zero-order chi connectivity index (χ0) is 28.4. The van der Waals surface area contributed by atoms with Crippen LogP contribution in [-0.4, -0.2) is 38.5 Å². The number of fused-ring (bicyclic) bond motifs is 1. The standard InChI is InChI=1S/C34H30O6S/c1-23-17-19-27(20-18-23)41(36,37)33-28(22-38-21-24-11-5-2-6-12-24)39-34-30(33)29(31(35)25-13-7-3-8-14-25)32(40-34)26-15-9-4-10-16-26/h2-20,28,30,33-34H,21-22H2,1H3/t28-,30+,33-,34+/m1/s1. The van der Waals surface area contributed by atoms with Gasteiger partial charge in [-0.15, -0.1) is 0 Å². The van der Waals surface area contributed by atoms with Crippen LogP contribution in [0, 0.1) is 12.8 Å². The molecule has 6 nitrogen and oxygen atoms in total. The van der Waals surface area contributed by atoms with Crippen molar-refractivity contribution in [1.82, 2.24) is 0 Å². The van der Waals surface area contributed by atoms with Crippen molar-refractivity contribution < 1.29 is 27.4 Å². The number of carbonyl (C=O) groups is 1. The Balaban J connectivity index is 1.43. The Labute approximate surface area is 240 Å². The first kappa shape index (κ1) is 27.1. The second kappa shape index (κ2) is 11.4. The van der Waals surface area contributed by atoms with Gasteiger partial charge in [0.15, 0.2) is 15.6 Å². The number of rotatable bonds is 9. The summed E-state index contributed by atoms with van der Waals surface area (Å²) < 4.78 is 47.3. The molecule has 0 amide bonds. The lowest BCUT2D eigenvalue weighted by Crippen LogP contribution is -2.39. The third-order valence-corrected chi connectivity index (χ3v) is 9.80. The molecule has 0 radical (unpaired) electrons. The summed E-state index contributed by atoms with van der Waals surface area (Å²) in [6.07, 6.45) is -1.81. The molecular weight excluding hydrogens is 536 g/mol. The van der Waals surface area contributed by atoms with Crippen molar-refractivity contribution in [3.8, 4) is 0 Å². The van der Waals surface area contributed by atoms with Crippen LogP contribution in [0.3, 0.4) is 0 Å². The fourth-order valence-corrected chi connectivity index (χ4v) is 7.57. The van der Waals surface area contributed by atoms with E-state index in [2.05, 4.69) is 0 Å². The van der Waals surface area contributed by atoms with Gasteiger partial charge < -0.3 is 14.2 Å². The van der Waals surface area contributed by atoms with Crippen molar-refractivity contribution in [3.05, 3.63) is 143 Å². The van der Waals surface area contributed by atoms with E-state index in [4.69, 9.17) is 14.2 Å². The molecule has 0 N–H and O–H groups in total. The molecule has 0 spiro atoms. The molecule has 1 saturated heterocycles. The van der Waals surface area contributed by atoms with Crippen molar-refractivity contribution in [1.29, 1.82) is 0 Å². The van der Waals surface area contributed by atoms with Gasteiger partial charge in [-0.1, -0.05) is 109 Å². The second-order valence-electron chi connectivity index (χ2n) is 10.3. The van der Waals surface area contributed by atoms with Crippen LogP contribution in [0.2, 0.25) is 0 Å². The summed E-state index contributed by atoms with van der Waals surface area (Å²) in [6.45, 7) is 2.23. The number of hydrogen-bond donors (Lipinski definition) is 0. The maximum absolute atomic E-state index is 14.4. The van der Waals surface area contributed by atoms with E-state index in [9.17, 15) is 13.2 Å². The summed E-state index contributed by atoms with van der Waals surface area (Å²) in [6, 6.07) is 34.5. The summed E-state index contributed by atoms with van der Waals surface area (Å²) in [7, 11) is -3.98. The van der Waals surface area contributed by atoms with Gasteiger partial charge in [0, 0.05) is 11.1 Å². The smallest absolute Gasteiger partial charge is 0.208 e. The van der Waals surface area contributed by atoms with Gasteiger partial charge in [-0.3, -0.25) is 4.79 Å². The van der Waals surface area contributed by atoms with Crippen LogP contribution in [-0.2, 0) is 30.7 Å². The quantitative estimate of drug-likeness (QED) is 0.231. The first-order valence-electron chi connectivity index (χ1n) is 13.6. The van der Waals surface area contributed by atoms with Crippen LogP contribution in [0.15, 0.2) is 126 Å². The number of sulfone groups is 1. The number of aryl methyl sites for hydroxylation is 1. The highest BCUT2D eigenvalue weighted by Gasteiger charge is 2.59. The number of ketones is 1. The largest absolute Gasteiger partial charge is 0.463 e. The van der Waals surface area contributed by atoms with E-state index in [0.29, 0.717) is 29.1 Å². The van der Waals surface area contributed by atoms with Crippen molar-refractivity contribution in [3.63, 3.8) is 0 Å². The number of carbonyl (C=O) groups excluding carboxylic acids is 1. The van der Waals surface area contributed by atoms with Crippen molar-refractivity contribution in [2.24, 2.45) is 5.92 Å². The average Bonchev–Trinajstić information content (AvgIpc) is 3.54. The zero-order valence-corrected chi connectivity index (χ0v) is 23.4. The van der Waals surface area contributed by atoms with Crippen molar-refractivity contribution >= 4 is 21.4 Å². The minimum atomic E-state index is -3.98. The molecule has 7 heteroatoms. The molecule has 0 saturated carbocycles. The Hall–Kier alpha value is -4.04. The lowest BCUT2D eigenvalue weighted by Gasteiger charge is -2.23. The Morgan fingerprint density at radius 3 is 2.07 bits per heavy atom. The van der Waals surface area contributed by atoms with E-state index >= 15 is 0 Å². The van der Waals surface area contributed by atoms with Gasteiger partial charge in [-0.05, 0) is 24.6 Å².